The van der Waals surface area contributed by atoms with E-state index in [0.29, 0.717) is 5.41 Å². The molecule has 3 aliphatic rings. The zero-order valence-corrected chi connectivity index (χ0v) is 18.6. The molecule has 0 aliphatic carbocycles. The molecule has 0 bridgehead atoms. The number of carboxylic acid groups (broad SMARTS) is 1. The lowest BCUT2D eigenvalue weighted by Gasteiger charge is -2.41. The minimum Gasteiger partial charge on any atom is -0.497 e. The molecule has 1 aromatic carbocycles. The lowest BCUT2D eigenvalue weighted by atomic mass is 9.79. The molecule has 4 rings (SSSR count). The van der Waals surface area contributed by atoms with Gasteiger partial charge in [0, 0.05) is 38.9 Å². The third-order valence-electron chi connectivity index (χ3n) is 6.70. The topological polar surface area (TPSA) is 62.2 Å². The first-order chi connectivity index (χ1) is 15.2. The lowest BCUT2D eigenvalue weighted by molar-refractivity contribution is -0.192. The van der Waals surface area contributed by atoms with Crippen molar-refractivity contribution in [1.29, 1.82) is 0 Å². The summed E-state index contributed by atoms with van der Waals surface area (Å²) in [6.45, 7) is 8.03. The van der Waals surface area contributed by atoms with E-state index in [1.165, 1.54) is 63.8 Å². The standard InChI is InChI=1S/C21H32N2O2.C2HF3O2/c1-24-20-5-2-4-18(14-20)15-22-10-3-8-21(16-22)9-11-23(17-21)19-6-12-25-13-7-19;3-2(4,5)1(6)7/h2,4-5,14,19H,3,6-13,15-17H2,1H3;(H,6,7). The maximum atomic E-state index is 10.6. The summed E-state index contributed by atoms with van der Waals surface area (Å²) < 4.78 is 42.7. The van der Waals surface area contributed by atoms with Crippen LogP contribution in [0.15, 0.2) is 24.3 Å². The number of aliphatic carboxylic acids is 1. The van der Waals surface area contributed by atoms with E-state index < -0.39 is 12.1 Å². The molecule has 0 aromatic heterocycles. The molecule has 32 heavy (non-hydrogen) atoms. The van der Waals surface area contributed by atoms with Gasteiger partial charge in [-0.05, 0) is 68.3 Å². The van der Waals surface area contributed by atoms with Crippen LogP contribution in [0.5, 0.6) is 5.75 Å². The van der Waals surface area contributed by atoms with E-state index in [4.69, 9.17) is 19.4 Å². The van der Waals surface area contributed by atoms with Crippen LogP contribution in [0.4, 0.5) is 13.2 Å². The number of benzene rings is 1. The Hall–Kier alpha value is -1.84. The number of likely N-dealkylation sites (tertiary alicyclic amines) is 2. The van der Waals surface area contributed by atoms with E-state index in [-0.39, 0.29) is 0 Å². The highest BCUT2D eigenvalue weighted by atomic mass is 19.4. The Morgan fingerprint density at radius 3 is 2.59 bits per heavy atom. The van der Waals surface area contributed by atoms with Gasteiger partial charge < -0.3 is 14.6 Å². The summed E-state index contributed by atoms with van der Waals surface area (Å²) in [5, 5.41) is 7.12. The number of hydrogen-bond acceptors (Lipinski definition) is 5. The summed E-state index contributed by atoms with van der Waals surface area (Å²) in [6, 6.07) is 9.32. The zero-order chi connectivity index (χ0) is 23.2. The fourth-order valence-electron chi connectivity index (χ4n) is 5.14. The molecule has 3 saturated heterocycles. The molecule has 9 heteroatoms. The summed E-state index contributed by atoms with van der Waals surface area (Å²) in [5.74, 6) is -1.79. The highest BCUT2D eigenvalue weighted by molar-refractivity contribution is 5.73. The van der Waals surface area contributed by atoms with Crippen molar-refractivity contribution in [3.8, 4) is 5.75 Å². The number of methoxy groups -OCH3 is 1. The van der Waals surface area contributed by atoms with Crippen LogP contribution in [0, 0.1) is 5.41 Å². The molecule has 1 unspecified atom stereocenters. The van der Waals surface area contributed by atoms with Crippen LogP contribution < -0.4 is 4.74 Å². The summed E-state index contributed by atoms with van der Waals surface area (Å²) in [4.78, 5) is 14.3. The zero-order valence-electron chi connectivity index (χ0n) is 18.6. The largest absolute Gasteiger partial charge is 0.497 e. The molecular formula is C23H33F3N2O4. The molecule has 1 N–H and O–H groups in total. The maximum absolute atomic E-state index is 10.6. The Balaban J connectivity index is 0.000000360. The molecule has 3 fully saturated rings. The van der Waals surface area contributed by atoms with Gasteiger partial charge in [-0.1, -0.05) is 12.1 Å². The molecule has 1 atom stereocenters. The summed E-state index contributed by atoms with van der Waals surface area (Å²) in [7, 11) is 1.75. The van der Waals surface area contributed by atoms with Gasteiger partial charge in [-0.2, -0.15) is 13.2 Å². The van der Waals surface area contributed by atoms with Crippen molar-refractivity contribution in [3.05, 3.63) is 29.8 Å². The Labute approximate surface area is 187 Å². The number of carbonyl (C=O) groups is 1. The molecule has 0 saturated carbocycles. The number of alkyl halides is 3. The van der Waals surface area contributed by atoms with Gasteiger partial charge >= 0.3 is 12.1 Å². The monoisotopic (exact) mass is 458 g/mol. The van der Waals surface area contributed by atoms with Gasteiger partial charge in [0.1, 0.15) is 5.75 Å². The summed E-state index contributed by atoms with van der Waals surface area (Å²) >= 11 is 0. The molecule has 180 valence electrons. The highest BCUT2D eigenvalue weighted by Crippen LogP contribution is 2.41. The van der Waals surface area contributed by atoms with Crippen LogP contribution in [0.1, 0.15) is 37.7 Å². The number of piperidine rings is 1. The van der Waals surface area contributed by atoms with Crippen LogP contribution in [0.25, 0.3) is 0 Å². The van der Waals surface area contributed by atoms with Gasteiger partial charge in [0.05, 0.1) is 7.11 Å². The average molecular weight is 459 g/mol. The van der Waals surface area contributed by atoms with Gasteiger partial charge in [0.25, 0.3) is 0 Å². The van der Waals surface area contributed by atoms with Gasteiger partial charge in [-0.15, -0.1) is 0 Å². The van der Waals surface area contributed by atoms with Crippen molar-refractivity contribution in [2.75, 3.05) is 46.5 Å². The molecule has 0 amide bonds. The normalized spacial score (nSPS) is 25.4. The van der Waals surface area contributed by atoms with E-state index >= 15 is 0 Å². The van der Waals surface area contributed by atoms with E-state index in [1.807, 2.05) is 6.07 Å². The van der Waals surface area contributed by atoms with Crippen molar-refractivity contribution >= 4 is 5.97 Å². The number of rotatable bonds is 4. The average Bonchev–Trinajstić information content (AvgIpc) is 3.17. The molecule has 3 aliphatic heterocycles. The second kappa shape index (κ2) is 10.9. The van der Waals surface area contributed by atoms with Crippen molar-refractivity contribution < 1.29 is 32.5 Å². The van der Waals surface area contributed by atoms with Crippen LogP contribution in [-0.4, -0.2) is 79.6 Å². The van der Waals surface area contributed by atoms with E-state index in [9.17, 15) is 13.2 Å². The van der Waals surface area contributed by atoms with E-state index in [2.05, 4.69) is 28.0 Å². The Morgan fingerprint density at radius 1 is 1.22 bits per heavy atom. The van der Waals surface area contributed by atoms with Gasteiger partial charge in [0.2, 0.25) is 0 Å². The highest BCUT2D eigenvalue weighted by Gasteiger charge is 2.43. The number of hydrogen-bond donors (Lipinski definition) is 1. The third kappa shape index (κ3) is 6.83. The second-order valence-electron chi connectivity index (χ2n) is 9.03. The molecule has 1 spiro atoms. The van der Waals surface area contributed by atoms with E-state index in [1.54, 1.807) is 7.11 Å². The number of ether oxygens (including phenoxy) is 2. The van der Waals surface area contributed by atoms with Crippen molar-refractivity contribution in [2.24, 2.45) is 5.41 Å². The van der Waals surface area contributed by atoms with E-state index in [0.717, 1.165) is 31.5 Å². The minimum atomic E-state index is -5.08. The fraction of sp³-hybridized carbons (Fsp3) is 0.696. The Bertz CT molecular complexity index is 755. The quantitative estimate of drug-likeness (QED) is 0.741. The molecule has 3 heterocycles. The first kappa shape index (κ1) is 24.8. The van der Waals surface area contributed by atoms with Crippen LogP contribution in [0.2, 0.25) is 0 Å². The van der Waals surface area contributed by atoms with Crippen molar-refractivity contribution in [1.82, 2.24) is 9.80 Å². The smallest absolute Gasteiger partial charge is 0.490 e. The number of halogens is 3. The van der Waals surface area contributed by atoms with Crippen LogP contribution in [0.3, 0.4) is 0 Å². The maximum Gasteiger partial charge on any atom is 0.490 e. The van der Waals surface area contributed by atoms with Crippen molar-refractivity contribution in [2.45, 2.75) is 50.9 Å². The number of nitrogens with zero attached hydrogens (tertiary/aromatic N) is 2. The lowest BCUT2D eigenvalue weighted by Crippen LogP contribution is -2.46. The third-order valence-corrected chi connectivity index (χ3v) is 6.70. The Morgan fingerprint density at radius 2 is 1.94 bits per heavy atom. The molecule has 6 nitrogen and oxygen atoms in total. The summed E-state index contributed by atoms with van der Waals surface area (Å²) in [6.07, 6.45) is 1.49. The van der Waals surface area contributed by atoms with Gasteiger partial charge in [-0.3, -0.25) is 9.80 Å². The first-order valence-corrected chi connectivity index (χ1v) is 11.2. The predicted molar refractivity (Wildman–Crippen MR) is 114 cm³/mol. The first-order valence-electron chi connectivity index (χ1n) is 11.2. The predicted octanol–water partition coefficient (Wildman–Crippen LogP) is 3.80. The van der Waals surface area contributed by atoms with Crippen LogP contribution >= 0.6 is 0 Å². The fourth-order valence-corrected chi connectivity index (χ4v) is 5.14. The van der Waals surface area contributed by atoms with Gasteiger partial charge in [0.15, 0.2) is 0 Å². The van der Waals surface area contributed by atoms with Gasteiger partial charge in [-0.25, -0.2) is 4.79 Å². The SMILES string of the molecule is COc1cccc(CN2CCCC3(CCN(C4CCOCC4)C3)C2)c1.O=C(O)C(F)(F)F. The Kier molecular flexibility index (Phi) is 8.41. The van der Waals surface area contributed by atoms with Crippen molar-refractivity contribution in [3.63, 3.8) is 0 Å². The van der Waals surface area contributed by atoms with Crippen LogP contribution in [-0.2, 0) is 16.1 Å². The minimum absolute atomic E-state index is 0.523. The summed E-state index contributed by atoms with van der Waals surface area (Å²) in [5.41, 5.74) is 1.89. The number of carboxylic acids is 1. The molecular weight excluding hydrogens is 425 g/mol. The molecule has 1 aromatic rings. The molecule has 0 radical (unpaired) electrons. The second-order valence-corrected chi connectivity index (χ2v) is 9.03.